The highest BCUT2D eigenvalue weighted by atomic mass is 32.1. The zero-order valence-corrected chi connectivity index (χ0v) is 17.6. The molecule has 1 aliphatic heterocycles. The van der Waals surface area contributed by atoms with E-state index in [9.17, 15) is 18.0 Å². The van der Waals surface area contributed by atoms with Crippen LogP contribution in [0.1, 0.15) is 12.5 Å². The van der Waals surface area contributed by atoms with Crippen LogP contribution in [0.3, 0.4) is 0 Å². The first-order chi connectivity index (χ1) is 14.9. The number of fused-ring (bicyclic) bond motifs is 1. The fraction of sp³-hybridized carbons (Fsp3) is 0.333. The van der Waals surface area contributed by atoms with Gasteiger partial charge in [-0.15, -0.1) is 0 Å². The maximum atomic E-state index is 13.2. The Bertz CT molecular complexity index is 1080. The van der Waals surface area contributed by atoms with E-state index < -0.39 is 17.8 Å². The SMILES string of the molecule is CCOc1cccc2sc(N3CCN(C(=O)Nc4ccccc4C(F)(F)F)CC3)nc12. The van der Waals surface area contributed by atoms with Crippen LogP contribution in [0.2, 0.25) is 0 Å². The number of anilines is 2. The number of alkyl halides is 3. The van der Waals surface area contributed by atoms with Crippen molar-refractivity contribution in [3.63, 3.8) is 0 Å². The van der Waals surface area contributed by atoms with Crippen molar-refractivity contribution in [1.29, 1.82) is 0 Å². The molecular formula is C21H21F3N4O2S. The molecule has 1 fully saturated rings. The number of urea groups is 1. The minimum atomic E-state index is -4.53. The number of rotatable bonds is 4. The maximum Gasteiger partial charge on any atom is 0.418 e. The molecule has 2 amide bonds. The monoisotopic (exact) mass is 450 g/mol. The van der Waals surface area contributed by atoms with Gasteiger partial charge in [0.15, 0.2) is 5.13 Å². The summed E-state index contributed by atoms with van der Waals surface area (Å²) in [6, 6.07) is 10.2. The zero-order valence-electron chi connectivity index (χ0n) is 16.8. The highest BCUT2D eigenvalue weighted by Gasteiger charge is 2.34. The van der Waals surface area contributed by atoms with Gasteiger partial charge in [0.05, 0.1) is 22.6 Å². The molecule has 1 aromatic heterocycles. The molecule has 0 atom stereocenters. The van der Waals surface area contributed by atoms with Crippen LogP contribution in [-0.4, -0.2) is 48.7 Å². The molecule has 164 valence electrons. The summed E-state index contributed by atoms with van der Waals surface area (Å²) in [5.41, 5.74) is -0.285. The fourth-order valence-corrected chi connectivity index (χ4v) is 4.49. The van der Waals surface area contributed by atoms with E-state index in [0.29, 0.717) is 32.8 Å². The van der Waals surface area contributed by atoms with Crippen LogP contribution in [0.25, 0.3) is 10.2 Å². The minimum absolute atomic E-state index is 0.239. The highest BCUT2D eigenvalue weighted by molar-refractivity contribution is 7.22. The Morgan fingerprint density at radius 1 is 1.13 bits per heavy atom. The topological polar surface area (TPSA) is 57.7 Å². The van der Waals surface area contributed by atoms with Gasteiger partial charge in [-0.3, -0.25) is 0 Å². The minimum Gasteiger partial charge on any atom is -0.492 e. The molecule has 31 heavy (non-hydrogen) atoms. The molecule has 4 rings (SSSR count). The fourth-order valence-electron chi connectivity index (χ4n) is 3.45. The number of para-hydroxylation sites is 2. The number of aromatic nitrogens is 1. The number of hydrogen-bond donors (Lipinski definition) is 1. The lowest BCUT2D eigenvalue weighted by molar-refractivity contribution is -0.136. The van der Waals surface area contributed by atoms with E-state index in [0.717, 1.165) is 27.2 Å². The third-order valence-corrected chi connectivity index (χ3v) is 6.06. The van der Waals surface area contributed by atoms with Gasteiger partial charge in [0.2, 0.25) is 0 Å². The van der Waals surface area contributed by atoms with Gasteiger partial charge < -0.3 is 19.9 Å². The van der Waals surface area contributed by atoms with Crippen LogP contribution in [0.15, 0.2) is 42.5 Å². The summed E-state index contributed by atoms with van der Waals surface area (Å²) in [7, 11) is 0. The molecule has 1 saturated heterocycles. The molecule has 0 spiro atoms. The van der Waals surface area contributed by atoms with E-state index in [2.05, 4.69) is 10.2 Å². The van der Waals surface area contributed by atoms with Gasteiger partial charge in [-0.1, -0.05) is 29.5 Å². The Morgan fingerprint density at radius 3 is 2.58 bits per heavy atom. The average molecular weight is 450 g/mol. The van der Waals surface area contributed by atoms with Crippen LogP contribution >= 0.6 is 11.3 Å². The van der Waals surface area contributed by atoms with E-state index in [1.807, 2.05) is 25.1 Å². The second-order valence-electron chi connectivity index (χ2n) is 6.98. The van der Waals surface area contributed by atoms with Gasteiger partial charge >= 0.3 is 12.2 Å². The molecule has 0 bridgehead atoms. The molecule has 10 heteroatoms. The van der Waals surface area contributed by atoms with E-state index in [1.54, 1.807) is 11.3 Å². The number of benzene rings is 2. The van der Waals surface area contributed by atoms with Crippen molar-refractivity contribution in [3.8, 4) is 5.75 Å². The number of piperazine rings is 1. The number of halogens is 3. The average Bonchev–Trinajstić information content (AvgIpc) is 3.19. The van der Waals surface area contributed by atoms with Gasteiger partial charge in [-0.25, -0.2) is 9.78 Å². The second-order valence-corrected chi connectivity index (χ2v) is 7.99. The quantitative estimate of drug-likeness (QED) is 0.603. The summed E-state index contributed by atoms with van der Waals surface area (Å²) >= 11 is 1.55. The van der Waals surface area contributed by atoms with E-state index in [1.165, 1.54) is 23.1 Å². The second kappa shape index (κ2) is 8.62. The highest BCUT2D eigenvalue weighted by Crippen LogP contribution is 2.36. The normalized spacial score (nSPS) is 14.7. The molecule has 0 saturated carbocycles. The van der Waals surface area contributed by atoms with Crippen LogP contribution in [0.5, 0.6) is 5.75 Å². The third kappa shape index (κ3) is 4.53. The van der Waals surface area contributed by atoms with Crippen LogP contribution in [-0.2, 0) is 6.18 Å². The van der Waals surface area contributed by atoms with E-state index in [4.69, 9.17) is 9.72 Å². The van der Waals surface area contributed by atoms with Crippen molar-refractivity contribution in [2.24, 2.45) is 0 Å². The predicted octanol–water partition coefficient (Wildman–Crippen LogP) is 5.07. The molecule has 1 aliphatic rings. The number of amides is 2. The van der Waals surface area contributed by atoms with Gasteiger partial charge in [-0.05, 0) is 31.2 Å². The summed E-state index contributed by atoms with van der Waals surface area (Å²) in [5, 5.41) is 3.24. The largest absolute Gasteiger partial charge is 0.492 e. The number of hydrogen-bond acceptors (Lipinski definition) is 5. The van der Waals surface area contributed by atoms with Crippen molar-refractivity contribution in [3.05, 3.63) is 48.0 Å². The smallest absolute Gasteiger partial charge is 0.418 e. The molecule has 2 heterocycles. The van der Waals surface area contributed by atoms with Crippen molar-refractivity contribution in [2.45, 2.75) is 13.1 Å². The molecule has 0 aliphatic carbocycles. The predicted molar refractivity (Wildman–Crippen MR) is 115 cm³/mol. The van der Waals surface area contributed by atoms with E-state index >= 15 is 0 Å². The molecule has 1 N–H and O–H groups in total. The zero-order chi connectivity index (χ0) is 22.0. The van der Waals surface area contributed by atoms with Crippen LogP contribution in [0.4, 0.5) is 28.8 Å². The first-order valence-corrected chi connectivity index (χ1v) is 10.7. The number of carbonyl (C=O) groups is 1. The lowest BCUT2D eigenvalue weighted by Crippen LogP contribution is -2.50. The molecule has 6 nitrogen and oxygen atoms in total. The molecule has 2 aromatic carbocycles. The lowest BCUT2D eigenvalue weighted by atomic mass is 10.1. The number of thiazole rings is 1. The van der Waals surface area contributed by atoms with Gasteiger partial charge in [0.25, 0.3) is 0 Å². The molecule has 3 aromatic rings. The van der Waals surface area contributed by atoms with Gasteiger partial charge in [0.1, 0.15) is 11.3 Å². The van der Waals surface area contributed by atoms with E-state index in [-0.39, 0.29) is 5.69 Å². The Labute approximate surface area is 181 Å². The summed E-state index contributed by atoms with van der Waals surface area (Å²) in [6.07, 6.45) is -4.53. The summed E-state index contributed by atoms with van der Waals surface area (Å²) in [4.78, 5) is 20.8. The Morgan fingerprint density at radius 2 is 1.87 bits per heavy atom. The Balaban J connectivity index is 1.42. The standard InChI is InChI=1S/C21H21F3N4O2S/c1-2-30-16-8-5-9-17-18(16)26-20(31-17)28-12-10-27(11-13-28)19(29)25-15-7-4-3-6-14(15)21(22,23)24/h3-9H,2,10-13H2,1H3,(H,25,29). The number of ether oxygens (including phenoxy) is 1. The lowest BCUT2D eigenvalue weighted by Gasteiger charge is -2.34. The Kier molecular flexibility index (Phi) is 5.90. The van der Waals surface area contributed by atoms with Crippen molar-refractivity contribution < 1.29 is 22.7 Å². The van der Waals surface area contributed by atoms with Gasteiger partial charge in [0, 0.05) is 26.2 Å². The van der Waals surface area contributed by atoms with Crippen molar-refractivity contribution >= 4 is 38.4 Å². The maximum absolute atomic E-state index is 13.2. The first kappa shape index (κ1) is 21.2. The summed E-state index contributed by atoms with van der Waals surface area (Å²) in [6.45, 7) is 4.32. The number of nitrogens with one attached hydrogen (secondary N) is 1. The van der Waals surface area contributed by atoms with Crippen molar-refractivity contribution in [2.75, 3.05) is 43.0 Å². The first-order valence-electron chi connectivity index (χ1n) is 9.86. The van der Waals surface area contributed by atoms with Crippen LogP contribution in [0, 0.1) is 0 Å². The van der Waals surface area contributed by atoms with Gasteiger partial charge in [-0.2, -0.15) is 13.2 Å². The summed E-state index contributed by atoms with van der Waals surface area (Å²) in [5.74, 6) is 0.740. The Hall–Kier alpha value is -3.01. The van der Waals surface area contributed by atoms with Crippen LogP contribution < -0.4 is 15.0 Å². The van der Waals surface area contributed by atoms with Crippen molar-refractivity contribution in [1.82, 2.24) is 9.88 Å². The molecule has 0 radical (unpaired) electrons. The third-order valence-electron chi connectivity index (χ3n) is 4.98. The molecule has 0 unspecified atom stereocenters. The molecular weight excluding hydrogens is 429 g/mol. The summed E-state index contributed by atoms with van der Waals surface area (Å²) < 4.78 is 46.1. The number of nitrogens with zero attached hydrogens (tertiary/aromatic N) is 3. The number of carbonyl (C=O) groups excluding carboxylic acids is 1.